The highest BCUT2D eigenvalue weighted by molar-refractivity contribution is 14.0. The summed E-state index contributed by atoms with van der Waals surface area (Å²) in [7, 11) is -1.29. The Morgan fingerprint density at radius 3 is 2.43 bits per heavy atom. The monoisotopic (exact) mass is 551 g/mol. The minimum absolute atomic E-state index is 0. The SMILES string of the molecule is CN=C(NCCCN1CCN(c2ncccn2)CC1)N1CCS(=O)(=O)C(C)(C)C1.I. The van der Waals surface area contributed by atoms with Crippen LogP contribution in [0.2, 0.25) is 0 Å². The molecule has 1 aromatic rings. The maximum absolute atomic E-state index is 12.2. The molecule has 0 unspecified atom stereocenters. The van der Waals surface area contributed by atoms with Crippen LogP contribution in [0.3, 0.4) is 0 Å². The van der Waals surface area contributed by atoms with Crippen LogP contribution in [0.1, 0.15) is 20.3 Å². The van der Waals surface area contributed by atoms with Gasteiger partial charge in [0.2, 0.25) is 5.95 Å². The van der Waals surface area contributed by atoms with Crippen molar-refractivity contribution in [3.63, 3.8) is 0 Å². The average molecular weight is 551 g/mol. The molecule has 3 heterocycles. The first-order chi connectivity index (χ1) is 13.8. The lowest BCUT2D eigenvalue weighted by Crippen LogP contribution is -2.57. The van der Waals surface area contributed by atoms with E-state index in [0.717, 1.165) is 57.6 Å². The van der Waals surface area contributed by atoms with Crippen molar-refractivity contribution in [2.75, 3.05) is 70.1 Å². The number of halogens is 1. The molecule has 0 aliphatic carbocycles. The number of rotatable bonds is 5. The topological polar surface area (TPSA) is 94.0 Å². The van der Waals surface area contributed by atoms with E-state index in [1.807, 2.05) is 6.07 Å². The largest absolute Gasteiger partial charge is 0.356 e. The molecule has 0 amide bonds. The van der Waals surface area contributed by atoms with Gasteiger partial charge in [-0.3, -0.25) is 9.89 Å². The molecule has 9 nitrogen and oxygen atoms in total. The molecule has 0 atom stereocenters. The molecule has 0 saturated carbocycles. The van der Waals surface area contributed by atoms with Crippen LogP contribution >= 0.6 is 24.0 Å². The summed E-state index contributed by atoms with van der Waals surface area (Å²) in [4.78, 5) is 19.7. The second kappa shape index (κ2) is 10.9. The molecule has 11 heteroatoms. The van der Waals surface area contributed by atoms with Crippen LogP contribution in [-0.2, 0) is 9.84 Å². The second-order valence-electron chi connectivity index (χ2n) is 8.21. The van der Waals surface area contributed by atoms with Gasteiger partial charge in [-0.15, -0.1) is 24.0 Å². The van der Waals surface area contributed by atoms with E-state index in [4.69, 9.17) is 0 Å². The van der Waals surface area contributed by atoms with Gasteiger partial charge in [0.25, 0.3) is 0 Å². The Balaban J connectivity index is 0.00000320. The van der Waals surface area contributed by atoms with Crippen molar-refractivity contribution in [1.82, 2.24) is 25.1 Å². The third-order valence-electron chi connectivity index (χ3n) is 5.70. The number of nitrogens with one attached hydrogen (secondary N) is 1. The number of nitrogens with zero attached hydrogens (tertiary/aromatic N) is 6. The number of aromatic nitrogens is 2. The standard InChI is InChI=1S/C19H33N7O2S.HI/c1-19(2)16-26(14-15-29(19,27)28)17(20-3)21-8-5-9-24-10-12-25(13-11-24)18-22-6-4-7-23-18;/h4,6-7H,5,8-16H2,1-3H3,(H,20,21);1H. The highest BCUT2D eigenvalue weighted by Gasteiger charge is 2.40. The molecule has 2 saturated heterocycles. The highest BCUT2D eigenvalue weighted by atomic mass is 127. The fourth-order valence-corrected chi connectivity index (χ4v) is 5.15. The van der Waals surface area contributed by atoms with Gasteiger partial charge in [-0.1, -0.05) is 0 Å². The molecule has 1 aromatic heterocycles. The second-order valence-corrected chi connectivity index (χ2v) is 10.9. The Morgan fingerprint density at radius 2 is 1.83 bits per heavy atom. The van der Waals surface area contributed by atoms with Gasteiger partial charge >= 0.3 is 0 Å². The van der Waals surface area contributed by atoms with Crippen LogP contribution in [0.15, 0.2) is 23.5 Å². The Morgan fingerprint density at radius 1 is 1.17 bits per heavy atom. The van der Waals surface area contributed by atoms with Gasteiger partial charge < -0.3 is 15.1 Å². The minimum Gasteiger partial charge on any atom is -0.356 e. The van der Waals surface area contributed by atoms with E-state index in [1.54, 1.807) is 33.3 Å². The predicted octanol–water partition coefficient (Wildman–Crippen LogP) is 0.691. The van der Waals surface area contributed by atoms with Crippen LogP contribution in [0.5, 0.6) is 0 Å². The third-order valence-corrected chi connectivity index (χ3v) is 8.23. The van der Waals surface area contributed by atoms with Gasteiger partial charge in [0, 0.05) is 65.3 Å². The molecule has 1 N–H and O–H groups in total. The summed E-state index contributed by atoms with van der Waals surface area (Å²) in [6.07, 6.45) is 4.58. The number of piperazine rings is 1. The normalized spacial score (nSPS) is 21.8. The van der Waals surface area contributed by atoms with E-state index in [0.29, 0.717) is 13.1 Å². The van der Waals surface area contributed by atoms with E-state index in [9.17, 15) is 8.42 Å². The lowest BCUT2D eigenvalue weighted by Gasteiger charge is -2.39. The van der Waals surface area contributed by atoms with E-state index >= 15 is 0 Å². The summed E-state index contributed by atoms with van der Waals surface area (Å²) in [6, 6.07) is 1.84. The number of hydrogen-bond donors (Lipinski definition) is 1. The number of aliphatic imine (C=N–C) groups is 1. The van der Waals surface area contributed by atoms with Gasteiger partial charge in [0.05, 0.1) is 10.5 Å². The van der Waals surface area contributed by atoms with Crippen LogP contribution < -0.4 is 10.2 Å². The summed E-state index contributed by atoms with van der Waals surface area (Å²) < 4.78 is 23.7. The third kappa shape index (κ3) is 6.16. The number of guanidine groups is 1. The first-order valence-electron chi connectivity index (χ1n) is 10.2. The maximum atomic E-state index is 12.2. The smallest absolute Gasteiger partial charge is 0.225 e. The molecule has 30 heavy (non-hydrogen) atoms. The minimum atomic E-state index is -3.04. The van der Waals surface area contributed by atoms with Gasteiger partial charge in [-0.2, -0.15) is 0 Å². The van der Waals surface area contributed by atoms with Gasteiger partial charge in [-0.05, 0) is 32.9 Å². The lowest BCUT2D eigenvalue weighted by molar-refractivity contribution is 0.253. The van der Waals surface area contributed by atoms with Crippen molar-refractivity contribution in [1.29, 1.82) is 0 Å². The van der Waals surface area contributed by atoms with E-state index in [2.05, 4.69) is 35.0 Å². The summed E-state index contributed by atoms with van der Waals surface area (Å²) in [5, 5.41) is 3.40. The first-order valence-corrected chi connectivity index (χ1v) is 11.9. The first kappa shape index (κ1) is 25.1. The fraction of sp³-hybridized carbons (Fsp3) is 0.737. The number of sulfone groups is 1. The molecule has 0 bridgehead atoms. The summed E-state index contributed by atoms with van der Waals surface area (Å²) in [5.74, 6) is 1.78. The quantitative estimate of drug-likeness (QED) is 0.248. The molecule has 2 fully saturated rings. The number of hydrogen-bond acceptors (Lipinski definition) is 7. The Bertz CT molecular complexity index is 796. The van der Waals surface area contributed by atoms with Crippen LogP contribution in [-0.4, -0.2) is 104 Å². The highest BCUT2D eigenvalue weighted by Crippen LogP contribution is 2.23. The van der Waals surface area contributed by atoms with Crippen molar-refractivity contribution in [2.24, 2.45) is 4.99 Å². The summed E-state index contributed by atoms with van der Waals surface area (Å²) in [5.41, 5.74) is 0. The van der Waals surface area contributed by atoms with Crippen molar-refractivity contribution >= 4 is 45.7 Å². The van der Waals surface area contributed by atoms with Gasteiger partial charge in [0.15, 0.2) is 15.8 Å². The average Bonchev–Trinajstić information content (AvgIpc) is 2.71. The summed E-state index contributed by atoms with van der Waals surface area (Å²) in [6.45, 7) is 10.3. The van der Waals surface area contributed by atoms with Crippen molar-refractivity contribution < 1.29 is 8.42 Å². The molecule has 2 aliphatic rings. The Hall–Kier alpha value is -1.21. The molecule has 2 aliphatic heterocycles. The molecule has 3 rings (SSSR count). The zero-order chi connectivity index (χ0) is 20.9. The van der Waals surface area contributed by atoms with Crippen LogP contribution in [0.25, 0.3) is 0 Å². The van der Waals surface area contributed by atoms with Crippen molar-refractivity contribution in [2.45, 2.75) is 25.0 Å². The Labute approximate surface area is 197 Å². The van der Waals surface area contributed by atoms with Crippen LogP contribution in [0, 0.1) is 0 Å². The molecular formula is C19H34IN7O2S. The Kier molecular flexibility index (Phi) is 9.10. The molecule has 0 radical (unpaired) electrons. The zero-order valence-electron chi connectivity index (χ0n) is 18.1. The lowest BCUT2D eigenvalue weighted by atomic mass is 10.2. The van der Waals surface area contributed by atoms with E-state index < -0.39 is 14.6 Å². The molecule has 0 spiro atoms. The van der Waals surface area contributed by atoms with E-state index in [-0.39, 0.29) is 29.7 Å². The number of anilines is 1. The van der Waals surface area contributed by atoms with Gasteiger partial charge in [0.1, 0.15) is 0 Å². The summed E-state index contributed by atoms with van der Waals surface area (Å²) >= 11 is 0. The molecular weight excluding hydrogens is 517 g/mol. The molecule has 0 aromatic carbocycles. The predicted molar refractivity (Wildman–Crippen MR) is 132 cm³/mol. The van der Waals surface area contributed by atoms with E-state index in [1.165, 1.54) is 0 Å². The van der Waals surface area contributed by atoms with Crippen molar-refractivity contribution in [3.8, 4) is 0 Å². The fourth-order valence-electron chi connectivity index (χ4n) is 3.79. The zero-order valence-corrected chi connectivity index (χ0v) is 21.3. The van der Waals surface area contributed by atoms with Crippen molar-refractivity contribution in [3.05, 3.63) is 18.5 Å². The molecule has 170 valence electrons. The van der Waals surface area contributed by atoms with Gasteiger partial charge in [-0.25, -0.2) is 18.4 Å². The maximum Gasteiger partial charge on any atom is 0.225 e. The van der Waals surface area contributed by atoms with Crippen LogP contribution in [0.4, 0.5) is 5.95 Å².